The Balaban J connectivity index is 2.55. The van der Waals surface area contributed by atoms with Gasteiger partial charge in [0.15, 0.2) is 5.82 Å². The Labute approximate surface area is 87.9 Å². The van der Waals surface area contributed by atoms with E-state index < -0.39 is 0 Å². The molecule has 2 aromatic rings. The fourth-order valence-electron chi connectivity index (χ4n) is 1.45. The van der Waals surface area contributed by atoms with Crippen LogP contribution >= 0.6 is 0 Å². The van der Waals surface area contributed by atoms with Gasteiger partial charge in [0.25, 0.3) is 0 Å². The second-order valence-electron chi connectivity index (χ2n) is 3.52. The topological polar surface area (TPSA) is 69.6 Å². The number of hydrogen-bond donors (Lipinski definition) is 1. The molecular weight excluding hydrogens is 190 g/mol. The highest BCUT2D eigenvalue weighted by molar-refractivity contribution is 5.39. The molecular formula is C10H13N5. The highest BCUT2D eigenvalue weighted by atomic mass is 15.5. The summed E-state index contributed by atoms with van der Waals surface area (Å²) in [6, 6.07) is 7.74. The molecule has 0 aliphatic heterocycles. The van der Waals surface area contributed by atoms with E-state index in [2.05, 4.69) is 15.5 Å². The Morgan fingerprint density at radius 1 is 1.33 bits per heavy atom. The number of benzene rings is 1. The van der Waals surface area contributed by atoms with Crippen LogP contribution in [0.5, 0.6) is 0 Å². The summed E-state index contributed by atoms with van der Waals surface area (Å²) in [5, 5.41) is 11.5. The molecule has 78 valence electrons. The average Bonchev–Trinajstić information content (AvgIpc) is 2.67. The summed E-state index contributed by atoms with van der Waals surface area (Å²) in [5.74, 6) is 0.671. The van der Waals surface area contributed by atoms with Crippen LogP contribution in [0.25, 0.3) is 5.69 Å². The van der Waals surface area contributed by atoms with Gasteiger partial charge in [-0.05, 0) is 35.9 Å². The molecule has 1 unspecified atom stereocenters. The summed E-state index contributed by atoms with van der Waals surface area (Å²) < 4.78 is 1.68. The van der Waals surface area contributed by atoms with Gasteiger partial charge in [0.05, 0.1) is 11.7 Å². The zero-order valence-electron chi connectivity index (χ0n) is 8.75. The van der Waals surface area contributed by atoms with Crippen LogP contribution in [-0.2, 0) is 0 Å². The molecule has 0 saturated heterocycles. The molecule has 0 radical (unpaired) electrons. The van der Waals surface area contributed by atoms with E-state index in [9.17, 15) is 0 Å². The Kier molecular flexibility index (Phi) is 2.47. The van der Waals surface area contributed by atoms with E-state index in [4.69, 9.17) is 5.73 Å². The van der Waals surface area contributed by atoms with E-state index >= 15 is 0 Å². The maximum atomic E-state index is 5.78. The van der Waals surface area contributed by atoms with E-state index in [1.807, 2.05) is 38.1 Å². The van der Waals surface area contributed by atoms with Crippen LogP contribution in [0.2, 0.25) is 0 Å². The lowest BCUT2D eigenvalue weighted by atomic mass is 10.2. The third-order valence-electron chi connectivity index (χ3n) is 2.24. The first-order chi connectivity index (χ1) is 7.20. The highest BCUT2D eigenvalue weighted by Crippen LogP contribution is 2.15. The van der Waals surface area contributed by atoms with Crippen molar-refractivity contribution in [3.8, 4) is 5.69 Å². The molecule has 0 saturated carbocycles. The summed E-state index contributed by atoms with van der Waals surface area (Å²) in [6.07, 6.45) is 0. The van der Waals surface area contributed by atoms with Gasteiger partial charge in [0.2, 0.25) is 0 Å². The molecule has 0 fully saturated rings. The quantitative estimate of drug-likeness (QED) is 0.790. The minimum Gasteiger partial charge on any atom is -0.321 e. The van der Waals surface area contributed by atoms with Gasteiger partial charge in [-0.1, -0.05) is 18.2 Å². The van der Waals surface area contributed by atoms with Gasteiger partial charge in [0.1, 0.15) is 0 Å². The maximum Gasteiger partial charge on any atom is 0.173 e. The van der Waals surface area contributed by atoms with Crippen LogP contribution in [0.4, 0.5) is 0 Å². The Morgan fingerprint density at radius 3 is 2.73 bits per heavy atom. The van der Waals surface area contributed by atoms with Crippen molar-refractivity contribution in [2.45, 2.75) is 19.9 Å². The minimum atomic E-state index is -0.181. The predicted octanol–water partition coefficient (Wildman–Crippen LogP) is 0.990. The van der Waals surface area contributed by atoms with Crippen molar-refractivity contribution in [1.29, 1.82) is 0 Å². The first-order valence-corrected chi connectivity index (χ1v) is 4.80. The van der Waals surface area contributed by atoms with E-state index in [1.165, 1.54) is 0 Å². The third kappa shape index (κ3) is 1.73. The largest absolute Gasteiger partial charge is 0.321 e. The van der Waals surface area contributed by atoms with E-state index in [0.29, 0.717) is 5.82 Å². The zero-order valence-corrected chi connectivity index (χ0v) is 8.75. The summed E-state index contributed by atoms with van der Waals surface area (Å²) in [7, 11) is 0. The van der Waals surface area contributed by atoms with E-state index in [0.717, 1.165) is 11.3 Å². The Morgan fingerprint density at radius 2 is 2.07 bits per heavy atom. The molecule has 1 heterocycles. The molecule has 5 nitrogen and oxygen atoms in total. The van der Waals surface area contributed by atoms with Crippen molar-refractivity contribution < 1.29 is 0 Å². The zero-order chi connectivity index (χ0) is 10.8. The second kappa shape index (κ2) is 3.78. The fourth-order valence-corrected chi connectivity index (χ4v) is 1.45. The number of tetrazole rings is 1. The van der Waals surface area contributed by atoms with Crippen LogP contribution < -0.4 is 5.73 Å². The number of aromatic nitrogens is 4. The number of hydrogen-bond acceptors (Lipinski definition) is 4. The summed E-state index contributed by atoms with van der Waals surface area (Å²) in [4.78, 5) is 0. The molecule has 1 aromatic heterocycles. The van der Waals surface area contributed by atoms with Crippen LogP contribution in [0.1, 0.15) is 24.4 Å². The standard InChI is InChI=1S/C10H13N5/c1-7-5-3-4-6-9(7)15-10(8(2)11)12-13-14-15/h3-6,8H,11H2,1-2H3. The highest BCUT2D eigenvalue weighted by Gasteiger charge is 2.12. The smallest absolute Gasteiger partial charge is 0.173 e. The summed E-state index contributed by atoms with van der Waals surface area (Å²) in [5.41, 5.74) is 7.87. The van der Waals surface area contributed by atoms with Crippen molar-refractivity contribution in [3.63, 3.8) is 0 Å². The van der Waals surface area contributed by atoms with Crippen LogP contribution in [-0.4, -0.2) is 20.2 Å². The maximum absolute atomic E-state index is 5.78. The molecule has 2 N–H and O–H groups in total. The Bertz CT molecular complexity index is 460. The molecule has 15 heavy (non-hydrogen) atoms. The molecule has 0 bridgehead atoms. The molecule has 1 atom stereocenters. The predicted molar refractivity (Wildman–Crippen MR) is 56.5 cm³/mol. The van der Waals surface area contributed by atoms with E-state index in [-0.39, 0.29) is 6.04 Å². The molecule has 2 rings (SSSR count). The van der Waals surface area contributed by atoms with Gasteiger partial charge < -0.3 is 5.73 Å². The van der Waals surface area contributed by atoms with Crippen molar-refractivity contribution >= 4 is 0 Å². The van der Waals surface area contributed by atoms with Gasteiger partial charge in [-0.3, -0.25) is 0 Å². The van der Waals surface area contributed by atoms with Crippen LogP contribution in [0.15, 0.2) is 24.3 Å². The van der Waals surface area contributed by atoms with Crippen molar-refractivity contribution in [1.82, 2.24) is 20.2 Å². The normalized spacial score (nSPS) is 12.7. The van der Waals surface area contributed by atoms with Crippen molar-refractivity contribution in [2.24, 2.45) is 5.73 Å². The minimum absolute atomic E-state index is 0.181. The molecule has 0 spiro atoms. The SMILES string of the molecule is Cc1ccccc1-n1nnnc1C(C)N. The van der Waals surface area contributed by atoms with Gasteiger partial charge >= 0.3 is 0 Å². The molecule has 0 aliphatic carbocycles. The van der Waals surface area contributed by atoms with Gasteiger partial charge in [-0.25, -0.2) is 0 Å². The first-order valence-electron chi connectivity index (χ1n) is 4.80. The third-order valence-corrected chi connectivity index (χ3v) is 2.24. The second-order valence-corrected chi connectivity index (χ2v) is 3.52. The van der Waals surface area contributed by atoms with Crippen molar-refractivity contribution in [3.05, 3.63) is 35.7 Å². The summed E-state index contributed by atoms with van der Waals surface area (Å²) in [6.45, 7) is 3.88. The van der Waals surface area contributed by atoms with Gasteiger partial charge in [-0.2, -0.15) is 4.68 Å². The molecule has 1 aromatic carbocycles. The lowest BCUT2D eigenvalue weighted by Crippen LogP contribution is -2.13. The van der Waals surface area contributed by atoms with Gasteiger partial charge in [0, 0.05) is 0 Å². The number of aryl methyl sites for hydroxylation is 1. The summed E-state index contributed by atoms with van der Waals surface area (Å²) >= 11 is 0. The molecule has 0 aliphatic rings. The molecule has 5 heteroatoms. The number of nitrogens with two attached hydrogens (primary N) is 1. The lowest BCUT2D eigenvalue weighted by molar-refractivity contribution is 0.686. The number of para-hydroxylation sites is 1. The molecule has 0 amide bonds. The Hall–Kier alpha value is -1.75. The fraction of sp³-hybridized carbons (Fsp3) is 0.300. The number of rotatable bonds is 2. The van der Waals surface area contributed by atoms with Gasteiger partial charge in [-0.15, -0.1) is 5.10 Å². The lowest BCUT2D eigenvalue weighted by Gasteiger charge is -2.08. The first kappa shape index (κ1) is 9.79. The number of nitrogens with zero attached hydrogens (tertiary/aromatic N) is 4. The van der Waals surface area contributed by atoms with Crippen LogP contribution in [0, 0.1) is 6.92 Å². The average molecular weight is 203 g/mol. The monoisotopic (exact) mass is 203 g/mol. The van der Waals surface area contributed by atoms with E-state index in [1.54, 1.807) is 4.68 Å². The van der Waals surface area contributed by atoms with Crippen LogP contribution in [0.3, 0.4) is 0 Å². The van der Waals surface area contributed by atoms with Crippen molar-refractivity contribution in [2.75, 3.05) is 0 Å².